The molecule has 1 atom stereocenters. The molecule has 1 rings (SSSR count). The number of nitrogens with zero attached hydrogens (tertiary/aromatic N) is 1. The average molecular weight is 279 g/mol. The van der Waals surface area contributed by atoms with E-state index in [-0.39, 0.29) is 24.1 Å². The first kappa shape index (κ1) is 15.9. The summed E-state index contributed by atoms with van der Waals surface area (Å²) in [4.78, 5) is 22.1. The lowest BCUT2D eigenvalue weighted by molar-refractivity contribution is -0.384. The topological polar surface area (TPSA) is 84.3 Å². The van der Waals surface area contributed by atoms with Gasteiger partial charge >= 0.3 is 0 Å². The van der Waals surface area contributed by atoms with Crippen molar-refractivity contribution in [2.24, 2.45) is 0 Å². The number of benzene rings is 1. The van der Waals surface area contributed by atoms with E-state index in [1.54, 1.807) is 19.1 Å². The first-order valence-corrected chi connectivity index (χ1v) is 6.73. The van der Waals surface area contributed by atoms with Gasteiger partial charge in [-0.05, 0) is 25.8 Å². The third kappa shape index (κ3) is 4.53. The van der Waals surface area contributed by atoms with Crippen LogP contribution in [0.2, 0.25) is 0 Å². The molecule has 0 bridgehead atoms. The normalized spacial score (nSPS) is 11.8. The summed E-state index contributed by atoms with van der Waals surface area (Å²) in [5.41, 5.74) is 1.31. The summed E-state index contributed by atoms with van der Waals surface area (Å²) in [7, 11) is 0. The van der Waals surface area contributed by atoms with Crippen molar-refractivity contribution in [3.63, 3.8) is 0 Å². The highest BCUT2D eigenvalue weighted by atomic mass is 16.6. The van der Waals surface area contributed by atoms with Gasteiger partial charge in [-0.25, -0.2) is 0 Å². The lowest BCUT2D eigenvalue weighted by Gasteiger charge is -2.13. The number of anilines is 1. The van der Waals surface area contributed by atoms with Crippen molar-refractivity contribution in [2.75, 3.05) is 11.9 Å². The number of rotatable bonds is 7. The molecule has 1 amide bonds. The van der Waals surface area contributed by atoms with Crippen LogP contribution in [0.1, 0.15) is 32.3 Å². The number of amides is 1. The Labute approximate surface area is 118 Å². The monoisotopic (exact) mass is 279 g/mol. The van der Waals surface area contributed by atoms with Gasteiger partial charge in [0.1, 0.15) is 5.69 Å². The molecule has 1 aromatic carbocycles. The fourth-order valence-corrected chi connectivity index (χ4v) is 1.78. The van der Waals surface area contributed by atoms with Crippen LogP contribution in [0.5, 0.6) is 0 Å². The van der Waals surface area contributed by atoms with Crippen LogP contribution in [0.4, 0.5) is 11.4 Å². The Morgan fingerprint density at radius 2 is 2.15 bits per heavy atom. The number of hydrogen-bond donors (Lipinski definition) is 2. The lowest BCUT2D eigenvalue weighted by Crippen LogP contribution is -2.33. The molecule has 0 aromatic heterocycles. The first-order chi connectivity index (χ1) is 9.45. The summed E-state index contributed by atoms with van der Waals surface area (Å²) in [6.07, 6.45) is 1.16. The SMILES string of the molecule is CCC(C)NC(=O)CCNc1c(C)cccc1[N+](=O)[O-]. The van der Waals surface area contributed by atoms with Gasteiger partial charge in [0.2, 0.25) is 5.91 Å². The zero-order chi connectivity index (χ0) is 15.1. The number of nitro benzene ring substituents is 1. The van der Waals surface area contributed by atoms with Gasteiger partial charge in [0.25, 0.3) is 5.69 Å². The molecule has 0 aliphatic rings. The number of carbonyl (C=O) groups is 1. The van der Waals surface area contributed by atoms with Gasteiger partial charge in [-0.1, -0.05) is 19.1 Å². The van der Waals surface area contributed by atoms with Crippen molar-refractivity contribution >= 4 is 17.3 Å². The maximum absolute atomic E-state index is 11.6. The van der Waals surface area contributed by atoms with Crippen LogP contribution in [0.25, 0.3) is 0 Å². The van der Waals surface area contributed by atoms with E-state index >= 15 is 0 Å². The van der Waals surface area contributed by atoms with E-state index in [9.17, 15) is 14.9 Å². The zero-order valence-corrected chi connectivity index (χ0v) is 12.1. The maximum Gasteiger partial charge on any atom is 0.292 e. The van der Waals surface area contributed by atoms with Gasteiger partial charge < -0.3 is 10.6 Å². The maximum atomic E-state index is 11.6. The Morgan fingerprint density at radius 3 is 2.75 bits per heavy atom. The molecular weight excluding hydrogens is 258 g/mol. The summed E-state index contributed by atoms with van der Waals surface area (Å²) in [6.45, 7) is 6.11. The van der Waals surface area contributed by atoms with E-state index in [0.717, 1.165) is 12.0 Å². The molecule has 6 heteroatoms. The lowest BCUT2D eigenvalue weighted by atomic mass is 10.1. The van der Waals surface area contributed by atoms with Gasteiger partial charge in [0.15, 0.2) is 0 Å². The van der Waals surface area contributed by atoms with E-state index < -0.39 is 4.92 Å². The van der Waals surface area contributed by atoms with Crippen LogP contribution in [-0.4, -0.2) is 23.4 Å². The summed E-state index contributed by atoms with van der Waals surface area (Å²) < 4.78 is 0. The molecule has 0 spiro atoms. The van der Waals surface area contributed by atoms with Crippen LogP contribution < -0.4 is 10.6 Å². The molecule has 0 saturated carbocycles. The Hall–Kier alpha value is -2.11. The van der Waals surface area contributed by atoms with Crippen molar-refractivity contribution in [3.05, 3.63) is 33.9 Å². The molecule has 0 radical (unpaired) electrons. The molecule has 20 heavy (non-hydrogen) atoms. The zero-order valence-electron chi connectivity index (χ0n) is 12.1. The van der Waals surface area contributed by atoms with Gasteiger partial charge in [-0.15, -0.1) is 0 Å². The Morgan fingerprint density at radius 1 is 1.45 bits per heavy atom. The van der Waals surface area contributed by atoms with Crippen molar-refractivity contribution < 1.29 is 9.72 Å². The Bertz CT molecular complexity index is 489. The largest absolute Gasteiger partial charge is 0.379 e. The summed E-state index contributed by atoms with van der Waals surface area (Å²) in [5, 5.41) is 16.8. The number of para-hydroxylation sites is 1. The Balaban J connectivity index is 2.58. The second-order valence-electron chi connectivity index (χ2n) is 4.78. The summed E-state index contributed by atoms with van der Waals surface area (Å²) in [6, 6.07) is 5.05. The van der Waals surface area contributed by atoms with Gasteiger partial charge in [-0.3, -0.25) is 14.9 Å². The highest BCUT2D eigenvalue weighted by molar-refractivity contribution is 5.77. The standard InChI is InChI=1S/C14H21N3O3/c1-4-11(3)16-13(18)8-9-15-14-10(2)6-5-7-12(14)17(19)20/h5-7,11,15H,4,8-9H2,1-3H3,(H,16,18). The number of nitrogens with one attached hydrogen (secondary N) is 2. The van der Waals surface area contributed by atoms with E-state index in [4.69, 9.17) is 0 Å². The van der Waals surface area contributed by atoms with E-state index in [0.29, 0.717) is 12.2 Å². The molecule has 0 fully saturated rings. The van der Waals surface area contributed by atoms with Crippen LogP contribution in [0.15, 0.2) is 18.2 Å². The number of aryl methyl sites for hydroxylation is 1. The minimum Gasteiger partial charge on any atom is -0.379 e. The van der Waals surface area contributed by atoms with Crippen LogP contribution >= 0.6 is 0 Å². The van der Waals surface area contributed by atoms with Crippen molar-refractivity contribution in [1.29, 1.82) is 0 Å². The molecular formula is C14H21N3O3. The van der Waals surface area contributed by atoms with E-state index in [2.05, 4.69) is 10.6 Å². The molecule has 0 aliphatic heterocycles. The van der Waals surface area contributed by atoms with Crippen LogP contribution in [0.3, 0.4) is 0 Å². The molecule has 0 saturated heterocycles. The highest BCUT2D eigenvalue weighted by Crippen LogP contribution is 2.27. The number of hydrogen-bond acceptors (Lipinski definition) is 4. The second-order valence-corrected chi connectivity index (χ2v) is 4.78. The highest BCUT2D eigenvalue weighted by Gasteiger charge is 2.15. The molecule has 1 aromatic rings. The molecule has 2 N–H and O–H groups in total. The minimum absolute atomic E-state index is 0.0346. The van der Waals surface area contributed by atoms with Gasteiger partial charge in [-0.2, -0.15) is 0 Å². The average Bonchev–Trinajstić information content (AvgIpc) is 2.40. The third-order valence-corrected chi connectivity index (χ3v) is 3.12. The summed E-state index contributed by atoms with van der Waals surface area (Å²) in [5.74, 6) is -0.0527. The van der Waals surface area contributed by atoms with E-state index in [1.165, 1.54) is 6.07 Å². The molecule has 6 nitrogen and oxygen atoms in total. The number of carbonyl (C=O) groups excluding carboxylic acids is 1. The van der Waals surface area contributed by atoms with Gasteiger partial charge in [0, 0.05) is 25.1 Å². The van der Waals surface area contributed by atoms with Crippen LogP contribution in [-0.2, 0) is 4.79 Å². The predicted octanol–water partition coefficient (Wildman–Crippen LogP) is 2.62. The fourth-order valence-electron chi connectivity index (χ4n) is 1.78. The van der Waals surface area contributed by atoms with Crippen molar-refractivity contribution in [2.45, 2.75) is 39.7 Å². The number of nitro groups is 1. The fraction of sp³-hybridized carbons (Fsp3) is 0.500. The minimum atomic E-state index is -0.422. The van der Waals surface area contributed by atoms with Crippen molar-refractivity contribution in [3.8, 4) is 0 Å². The second kappa shape index (κ2) is 7.47. The quantitative estimate of drug-likeness (QED) is 0.593. The van der Waals surface area contributed by atoms with Crippen molar-refractivity contribution in [1.82, 2.24) is 5.32 Å². The Kier molecular flexibility index (Phi) is 5.96. The molecule has 1 unspecified atom stereocenters. The molecule has 0 aliphatic carbocycles. The third-order valence-electron chi connectivity index (χ3n) is 3.12. The predicted molar refractivity (Wildman–Crippen MR) is 78.8 cm³/mol. The van der Waals surface area contributed by atoms with Crippen LogP contribution in [0, 0.1) is 17.0 Å². The molecule has 0 heterocycles. The smallest absolute Gasteiger partial charge is 0.292 e. The first-order valence-electron chi connectivity index (χ1n) is 6.73. The van der Waals surface area contributed by atoms with Gasteiger partial charge in [0.05, 0.1) is 4.92 Å². The summed E-state index contributed by atoms with van der Waals surface area (Å²) >= 11 is 0. The van der Waals surface area contributed by atoms with E-state index in [1.807, 2.05) is 13.8 Å². The molecule has 110 valence electrons.